The number of aliphatic imine (C=N–C) groups is 1. The second-order valence-electron chi connectivity index (χ2n) is 7.58. The zero-order valence-corrected chi connectivity index (χ0v) is 17.9. The van der Waals surface area contributed by atoms with Gasteiger partial charge in [0.25, 0.3) is 0 Å². The molecule has 2 aliphatic rings. The van der Waals surface area contributed by atoms with Crippen LogP contribution in [0.3, 0.4) is 0 Å². The van der Waals surface area contributed by atoms with Crippen LogP contribution in [0.4, 0.5) is 0 Å². The minimum Gasteiger partial charge on any atom is -0.353 e. The Morgan fingerprint density at radius 1 is 1.21 bits per heavy atom. The normalized spacial score (nSPS) is 17.3. The number of hydrogen-bond acceptors (Lipinski definition) is 6. The predicted molar refractivity (Wildman–Crippen MR) is 121 cm³/mol. The van der Waals surface area contributed by atoms with Gasteiger partial charge >= 0.3 is 0 Å². The molecule has 1 aliphatic heterocycles. The molecule has 2 aromatic rings. The van der Waals surface area contributed by atoms with Crippen molar-refractivity contribution in [2.75, 3.05) is 13.1 Å². The summed E-state index contributed by atoms with van der Waals surface area (Å²) < 4.78 is 0. The molecule has 1 aliphatic carbocycles. The lowest BCUT2D eigenvalue weighted by atomic mass is 9.89. The smallest absolute Gasteiger partial charge is 0.212 e. The SMILES string of the molecule is C/C(=N\NC1=NCCN1)c1sc(-c2ccc(C#CC3CCCCC3)cc2)nc1C. The van der Waals surface area contributed by atoms with Crippen molar-refractivity contribution < 1.29 is 0 Å². The van der Waals surface area contributed by atoms with Crippen molar-refractivity contribution in [2.45, 2.75) is 46.0 Å². The monoisotopic (exact) mass is 405 g/mol. The van der Waals surface area contributed by atoms with Gasteiger partial charge in [-0.2, -0.15) is 5.10 Å². The van der Waals surface area contributed by atoms with Crippen LogP contribution in [0.5, 0.6) is 0 Å². The van der Waals surface area contributed by atoms with Gasteiger partial charge in [-0.25, -0.2) is 15.4 Å². The Kier molecular flexibility index (Phi) is 6.26. The van der Waals surface area contributed by atoms with Crippen molar-refractivity contribution in [1.82, 2.24) is 15.7 Å². The summed E-state index contributed by atoms with van der Waals surface area (Å²) in [4.78, 5) is 10.1. The van der Waals surface area contributed by atoms with E-state index in [-0.39, 0.29) is 0 Å². The average Bonchev–Trinajstić information content (AvgIpc) is 3.41. The molecular formula is C23H27N5S. The number of aromatic nitrogens is 1. The highest BCUT2D eigenvalue weighted by molar-refractivity contribution is 7.17. The van der Waals surface area contributed by atoms with E-state index in [0.717, 1.165) is 51.5 Å². The van der Waals surface area contributed by atoms with E-state index in [0.29, 0.717) is 5.92 Å². The molecule has 29 heavy (non-hydrogen) atoms. The average molecular weight is 406 g/mol. The van der Waals surface area contributed by atoms with Crippen LogP contribution in [0.1, 0.15) is 55.2 Å². The lowest BCUT2D eigenvalue weighted by Gasteiger charge is -2.15. The second-order valence-corrected chi connectivity index (χ2v) is 8.58. The van der Waals surface area contributed by atoms with Crippen LogP contribution in [-0.2, 0) is 0 Å². The molecule has 1 aromatic heterocycles. The molecule has 150 valence electrons. The molecule has 4 rings (SSSR count). The second kappa shape index (κ2) is 9.23. The summed E-state index contributed by atoms with van der Waals surface area (Å²) in [5, 5.41) is 8.62. The number of hydrazone groups is 1. The van der Waals surface area contributed by atoms with Gasteiger partial charge in [0.05, 0.1) is 22.8 Å². The first-order chi connectivity index (χ1) is 14.2. The van der Waals surface area contributed by atoms with E-state index in [2.05, 4.69) is 56.9 Å². The minimum absolute atomic E-state index is 0.578. The summed E-state index contributed by atoms with van der Waals surface area (Å²) in [6, 6.07) is 8.45. The zero-order chi connectivity index (χ0) is 20.1. The summed E-state index contributed by atoms with van der Waals surface area (Å²) in [7, 11) is 0. The van der Waals surface area contributed by atoms with Crippen LogP contribution in [0.25, 0.3) is 10.6 Å². The van der Waals surface area contributed by atoms with Gasteiger partial charge in [-0.1, -0.05) is 43.2 Å². The molecule has 0 unspecified atom stereocenters. The number of guanidine groups is 1. The van der Waals surface area contributed by atoms with Crippen LogP contribution < -0.4 is 10.7 Å². The number of benzene rings is 1. The lowest BCUT2D eigenvalue weighted by Crippen LogP contribution is -2.30. The molecule has 1 fully saturated rings. The van der Waals surface area contributed by atoms with E-state index < -0.39 is 0 Å². The molecule has 2 heterocycles. The number of hydrogen-bond donors (Lipinski definition) is 2. The topological polar surface area (TPSA) is 61.7 Å². The maximum absolute atomic E-state index is 4.76. The zero-order valence-electron chi connectivity index (χ0n) is 17.1. The molecule has 2 N–H and O–H groups in total. The van der Waals surface area contributed by atoms with Gasteiger partial charge in [0.15, 0.2) is 0 Å². The summed E-state index contributed by atoms with van der Waals surface area (Å²) >= 11 is 1.67. The highest BCUT2D eigenvalue weighted by atomic mass is 32.1. The van der Waals surface area contributed by atoms with E-state index in [9.17, 15) is 0 Å². The van der Waals surface area contributed by atoms with Crippen molar-refractivity contribution in [3.8, 4) is 22.4 Å². The Balaban J connectivity index is 1.45. The minimum atomic E-state index is 0.578. The van der Waals surface area contributed by atoms with Gasteiger partial charge in [-0.15, -0.1) is 11.3 Å². The van der Waals surface area contributed by atoms with Crippen LogP contribution >= 0.6 is 11.3 Å². The molecule has 0 amide bonds. The number of nitrogens with one attached hydrogen (secondary N) is 2. The van der Waals surface area contributed by atoms with Gasteiger partial charge in [0.2, 0.25) is 5.96 Å². The highest BCUT2D eigenvalue weighted by Crippen LogP contribution is 2.29. The Bertz CT molecular complexity index is 969. The van der Waals surface area contributed by atoms with Crippen molar-refractivity contribution in [1.29, 1.82) is 0 Å². The van der Waals surface area contributed by atoms with Crippen molar-refractivity contribution in [3.63, 3.8) is 0 Å². The summed E-state index contributed by atoms with van der Waals surface area (Å²) in [6.07, 6.45) is 6.53. The van der Waals surface area contributed by atoms with E-state index >= 15 is 0 Å². The molecule has 0 saturated heterocycles. The quantitative estimate of drug-likeness (QED) is 0.454. The number of thiazole rings is 1. The first kappa shape index (κ1) is 19.7. The van der Waals surface area contributed by atoms with Crippen LogP contribution in [0.2, 0.25) is 0 Å². The molecule has 0 spiro atoms. The van der Waals surface area contributed by atoms with Gasteiger partial charge in [-0.3, -0.25) is 0 Å². The largest absolute Gasteiger partial charge is 0.353 e. The third-order valence-corrected chi connectivity index (χ3v) is 6.60. The predicted octanol–water partition coefficient (Wildman–Crippen LogP) is 4.32. The first-order valence-electron chi connectivity index (χ1n) is 10.4. The molecule has 0 atom stereocenters. The molecule has 0 radical (unpaired) electrons. The molecule has 1 saturated carbocycles. The summed E-state index contributed by atoms with van der Waals surface area (Å²) in [6.45, 7) is 5.68. The van der Waals surface area contributed by atoms with E-state index in [4.69, 9.17) is 4.98 Å². The Morgan fingerprint density at radius 3 is 2.72 bits per heavy atom. The van der Waals surface area contributed by atoms with Crippen LogP contribution in [0, 0.1) is 24.7 Å². The summed E-state index contributed by atoms with van der Waals surface area (Å²) in [5.74, 6) is 8.13. The Morgan fingerprint density at radius 2 is 2.00 bits per heavy atom. The van der Waals surface area contributed by atoms with Gasteiger partial charge < -0.3 is 5.32 Å². The fourth-order valence-electron chi connectivity index (χ4n) is 3.64. The molecular weight excluding hydrogens is 378 g/mol. The standard InChI is InChI=1S/C23H27N5S/c1-16-21(17(2)27-28-23-24-14-15-25-23)29-22(26-16)20-12-10-19(11-13-20)9-8-18-6-4-3-5-7-18/h10-13,18H,3-7,14-15H2,1-2H3,(H2,24,25,28)/b27-17+. The Labute approximate surface area is 176 Å². The third-order valence-electron chi connectivity index (χ3n) is 5.29. The fourth-order valence-corrected chi connectivity index (χ4v) is 4.66. The Hall–Kier alpha value is -2.65. The fraction of sp³-hybridized carbons (Fsp3) is 0.435. The van der Waals surface area contributed by atoms with E-state index in [1.807, 2.05) is 13.8 Å². The number of nitrogens with zero attached hydrogens (tertiary/aromatic N) is 3. The van der Waals surface area contributed by atoms with Crippen molar-refractivity contribution in [3.05, 3.63) is 40.4 Å². The van der Waals surface area contributed by atoms with E-state index in [1.165, 1.54) is 32.1 Å². The molecule has 1 aromatic carbocycles. The van der Waals surface area contributed by atoms with E-state index in [1.54, 1.807) is 11.3 Å². The van der Waals surface area contributed by atoms with Crippen molar-refractivity contribution >= 4 is 23.0 Å². The highest BCUT2D eigenvalue weighted by Gasteiger charge is 2.13. The van der Waals surface area contributed by atoms with Crippen LogP contribution in [-0.4, -0.2) is 29.7 Å². The number of rotatable bonds is 3. The van der Waals surface area contributed by atoms with Crippen molar-refractivity contribution in [2.24, 2.45) is 16.0 Å². The first-order valence-corrected chi connectivity index (χ1v) is 11.2. The summed E-state index contributed by atoms with van der Waals surface area (Å²) in [5.41, 5.74) is 7.11. The van der Waals surface area contributed by atoms with Crippen LogP contribution in [0.15, 0.2) is 34.4 Å². The van der Waals surface area contributed by atoms with Gasteiger partial charge in [-0.05, 0) is 38.8 Å². The number of aryl methyl sites for hydroxylation is 1. The van der Waals surface area contributed by atoms with Gasteiger partial charge in [0, 0.05) is 23.6 Å². The third kappa shape index (κ3) is 5.04. The maximum atomic E-state index is 4.76. The lowest BCUT2D eigenvalue weighted by molar-refractivity contribution is 0.430. The molecule has 0 bridgehead atoms. The van der Waals surface area contributed by atoms with Gasteiger partial charge in [0.1, 0.15) is 5.01 Å². The maximum Gasteiger partial charge on any atom is 0.212 e. The molecule has 6 heteroatoms. The molecule has 5 nitrogen and oxygen atoms in total.